The molecule has 1 N–H and O–H groups in total. The van der Waals surface area contributed by atoms with Crippen molar-refractivity contribution in [2.45, 2.75) is 24.3 Å². The highest BCUT2D eigenvalue weighted by Crippen LogP contribution is 2.30. The van der Waals surface area contributed by atoms with Gasteiger partial charge in [0.05, 0.1) is 0 Å². The van der Waals surface area contributed by atoms with Crippen LogP contribution < -0.4 is 4.90 Å². The van der Waals surface area contributed by atoms with Gasteiger partial charge in [-0.3, -0.25) is 0 Å². The summed E-state index contributed by atoms with van der Waals surface area (Å²) in [7, 11) is 1.45. The molecule has 1 aromatic carbocycles. The predicted molar refractivity (Wildman–Crippen MR) is 99.9 cm³/mol. The SMILES string of the molecule is COC(CC=O)N(Cc1ccccc1)c1nc(SC)nc(Cl)c1C(=O)O. The smallest absolute Gasteiger partial charge is 0.342 e. The summed E-state index contributed by atoms with van der Waals surface area (Å²) >= 11 is 7.34. The Kier molecular flexibility index (Phi) is 7.38. The molecule has 0 aliphatic carbocycles. The van der Waals surface area contributed by atoms with Crippen LogP contribution in [0.5, 0.6) is 0 Å². The van der Waals surface area contributed by atoms with Crippen LogP contribution in [0.2, 0.25) is 5.15 Å². The minimum absolute atomic E-state index is 0.0403. The number of hydrogen-bond acceptors (Lipinski definition) is 7. The Bertz CT molecular complexity index is 776. The van der Waals surface area contributed by atoms with Gasteiger partial charge in [-0.15, -0.1) is 0 Å². The van der Waals surface area contributed by atoms with E-state index in [1.165, 1.54) is 18.9 Å². The highest BCUT2D eigenvalue weighted by molar-refractivity contribution is 7.98. The first-order valence-electron chi connectivity index (χ1n) is 7.63. The number of aromatic carboxylic acids is 1. The number of ether oxygens (including phenoxy) is 1. The van der Waals surface area contributed by atoms with E-state index in [-0.39, 0.29) is 29.5 Å². The molecule has 2 rings (SSSR count). The van der Waals surface area contributed by atoms with Crippen molar-refractivity contribution in [1.82, 2.24) is 9.97 Å². The average Bonchev–Trinajstić information content (AvgIpc) is 2.64. The predicted octanol–water partition coefficient (Wildman–Crippen LogP) is 3.12. The molecule has 1 aromatic heterocycles. The second kappa shape index (κ2) is 9.51. The van der Waals surface area contributed by atoms with E-state index < -0.39 is 12.2 Å². The van der Waals surface area contributed by atoms with E-state index in [1.54, 1.807) is 11.2 Å². The number of hydrogen-bond donors (Lipinski definition) is 1. The van der Waals surface area contributed by atoms with Crippen molar-refractivity contribution in [3.8, 4) is 0 Å². The molecule has 1 atom stereocenters. The molecule has 138 valence electrons. The lowest BCUT2D eigenvalue weighted by Gasteiger charge is -2.32. The van der Waals surface area contributed by atoms with Crippen LogP contribution in [0.1, 0.15) is 22.3 Å². The first-order valence-corrected chi connectivity index (χ1v) is 9.23. The number of carboxylic acids is 1. The van der Waals surface area contributed by atoms with Crippen molar-refractivity contribution < 1.29 is 19.4 Å². The van der Waals surface area contributed by atoms with E-state index in [2.05, 4.69) is 9.97 Å². The molecule has 2 aromatic rings. The maximum absolute atomic E-state index is 11.8. The zero-order valence-corrected chi connectivity index (χ0v) is 15.8. The summed E-state index contributed by atoms with van der Waals surface area (Å²) in [5.74, 6) is -1.14. The molecule has 0 saturated carbocycles. The third kappa shape index (κ3) is 4.72. The van der Waals surface area contributed by atoms with Gasteiger partial charge in [0.1, 0.15) is 23.2 Å². The second-order valence-corrected chi connectivity index (χ2v) is 6.34. The summed E-state index contributed by atoms with van der Waals surface area (Å²) < 4.78 is 5.42. The number of benzene rings is 1. The van der Waals surface area contributed by atoms with E-state index >= 15 is 0 Å². The summed E-state index contributed by atoms with van der Waals surface area (Å²) in [4.78, 5) is 32.8. The molecule has 0 fully saturated rings. The molecule has 0 aliphatic rings. The molecule has 9 heteroatoms. The van der Waals surface area contributed by atoms with Crippen LogP contribution in [0.3, 0.4) is 0 Å². The van der Waals surface area contributed by atoms with Crippen molar-refractivity contribution >= 4 is 41.4 Å². The highest BCUT2D eigenvalue weighted by Gasteiger charge is 2.28. The van der Waals surface area contributed by atoms with E-state index in [4.69, 9.17) is 16.3 Å². The topological polar surface area (TPSA) is 92.6 Å². The molecular weight excluding hydrogens is 378 g/mol. The molecule has 26 heavy (non-hydrogen) atoms. The van der Waals surface area contributed by atoms with Crippen molar-refractivity contribution in [3.63, 3.8) is 0 Å². The summed E-state index contributed by atoms with van der Waals surface area (Å²) in [6, 6.07) is 9.39. The molecule has 7 nitrogen and oxygen atoms in total. The van der Waals surface area contributed by atoms with Crippen LogP contribution in [-0.2, 0) is 16.1 Å². The maximum atomic E-state index is 11.8. The van der Waals surface area contributed by atoms with Gasteiger partial charge in [0.25, 0.3) is 0 Å². The van der Waals surface area contributed by atoms with Crippen LogP contribution >= 0.6 is 23.4 Å². The number of methoxy groups -OCH3 is 1. The minimum atomic E-state index is -1.25. The number of nitrogens with zero attached hydrogens (tertiary/aromatic N) is 3. The number of carboxylic acid groups (broad SMARTS) is 1. The van der Waals surface area contributed by atoms with Gasteiger partial charge in [-0.05, 0) is 11.8 Å². The molecule has 0 spiro atoms. The maximum Gasteiger partial charge on any atom is 0.342 e. The first-order chi connectivity index (χ1) is 12.5. The van der Waals surface area contributed by atoms with E-state index in [0.29, 0.717) is 11.4 Å². The molecule has 0 bridgehead atoms. The Balaban J connectivity index is 2.61. The zero-order chi connectivity index (χ0) is 19.1. The third-order valence-electron chi connectivity index (χ3n) is 3.61. The van der Waals surface area contributed by atoms with Crippen LogP contribution in [0.4, 0.5) is 5.82 Å². The van der Waals surface area contributed by atoms with Crippen molar-refractivity contribution in [2.75, 3.05) is 18.3 Å². The van der Waals surface area contributed by atoms with Crippen LogP contribution in [0.25, 0.3) is 0 Å². The second-order valence-electron chi connectivity index (χ2n) is 5.21. The van der Waals surface area contributed by atoms with Gasteiger partial charge in [0.15, 0.2) is 11.0 Å². The van der Waals surface area contributed by atoms with E-state index in [0.717, 1.165) is 5.56 Å². The van der Waals surface area contributed by atoms with E-state index in [9.17, 15) is 14.7 Å². The number of aromatic nitrogens is 2. The molecule has 0 aliphatic heterocycles. The zero-order valence-electron chi connectivity index (χ0n) is 14.3. The van der Waals surface area contributed by atoms with Gasteiger partial charge >= 0.3 is 5.97 Å². The summed E-state index contributed by atoms with van der Waals surface area (Å²) in [6.07, 6.45) is 1.81. The fraction of sp³-hybridized carbons (Fsp3) is 0.294. The number of aldehydes is 1. The number of anilines is 1. The lowest BCUT2D eigenvalue weighted by Crippen LogP contribution is -2.38. The minimum Gasteiger partial charge on any atom is -0.477 e. The summed E-state index contributed by atoms with van der Waals surface area (Å²) in [5, 5.41) is 9.77. The van der Waals surface area contributed by atoms with Gasteiger partial charge in [0.2, 0.25) is 0 Å². The molecule has 0 saturated heterocycles. The lowest BCUT2D eigenvalue weighted by molar-refractivity contribution is -0.110. The fourth-order valence-corrected chi connectivity index (χ4v) is 3.07. The van der Waals surface area contributed by atoms with Crippen molar-refractivity contribution in [2.24, 2.45) is 0 Å². The van der Waals surface area contributed by atoms with Crippen LogP contribution in [0, 0.1) is 0 Å². The highest BCUT2D eigenvalue weighted by atomic mass is 35.5. The summed E-state index contributed by atoms with van der Waals surface area (Å²) in [5.41, 5.74) is 0.672. The van der Waals surface area contributed by atoms with Crippen LogP contribution in [0.15, 0.2) is 35.5 Å². The molecular formula is C17H18ClN3O4S. The largest absolute Gasteiger partial charge is 0.477 e. The lowest BCUT2D eigenvalue weighted by atomic mass is 10.2. The van der Waals surface area contributed by atoms with Gasteiger partial charge in [-0.1, -0.05) is 53.7 Å². The van der Waals surface area contributed by atoms with Gasteiger partial charge in [-0.2, -0.15) is 0 Å². The number of carbonyl (C=O) groups is 2. The third-order valence-corrected chi connectivity index (χ3v) is 4.43. The number of rotatable bonds is 9. The standard InChI is InChI=1S/C17H18ClN3O4S/c1-25-12(8-9-22)21(10-11-6-4-3-5-7-11)15-13(16(23)24)14(18)19-17(20-15)26-2/h3-7,9,12H,8,10H2,1-2H3,(H,23,24). The first kappa shape index (κ1) is 20.2. The number of halogens is 1. The van der Waals surface area contributed by atoms with Crippen LogP contribution in [-0.4, -0.2) is 46.9 Å². The van der Waals surface area contributed by atoms with Crippen molar-refractivity contribution in [1.29, 1.82) is 0 Å². The van der Waals surface area contributed by atoms with Gasteiger partial charge in [-0.25, -0.2) is 14.8 Å². The van der Waals surface area contributed by atoms with Crippen molar-refractivity contribution in [3.05, 3.63) is 46.6 Å². The van der Waals surface area contributed by atoms with Gasteiger partial charge in [0, 0.05) is 20.1 Å². The fourth-order valence-electron chi connectivity index (χ4n) is 2.41. The van der Waals surface area contributed by atoms with Gasteiger partial charge < -0.3 is 19.5 Å². The summed E-state index contributed by atoms with van der Waals surface area (Å²) in [6.45, 7) is 0.286. The molecule has 1 unspecified atom stereocenters. The number of carbonyl (C=O) groups excluding carboxylic acids is 1. The Morgan fingerprint density at radius 2 is 2.08 bits per heavy atom. The molecule has 0 radical (unpaired) electrons. The molecule has 0 amide bonds. The Hall–Kier alpha value is -2.16. The monoisotopic (exact) mass is 395 g/mol. The quantitative estimate of drug-likeness (QED) is 0.227. The average molecular weight is 396 g/mol. The normalized spacial score (nSPS) is 11.8. The molecule has 1 heterocycles. The Morgan fingerprint density at radius 1 is 1.38 bits per heavy atom. The Morgan fingerprint density at radius 3 is 2.62 bits per heavy atom. The van der Waals surface area contributed by atoms with E-state index in [1.807, 2.05) is 30.3 Å². The Labute approximate surface area is 160 Å². The number of thioether (sulfide) groups is 1.